The van der Waals surface area contributed by atoms with E-state index in [1.54, 1.807) is 12.1 Å². The van der Waals surface area contributed by atoms with Gasteiger partial charge in [0.05, 0.1) is 0 Å². The molecule has 106 valence electrons. The van der Waals surface area contributed by atoms with Crippen LogP contribution in [0.4, 0.5) is 0 Å². The number of rotatable bonds is 5. The second-order valence-corrected chi connectivity index (χ2v) is 5.55. The molecule has 0 heterocycles. The highest BCUT2D eigenvalue weighted by atomic mass is 35.5. The van der Waals surface area contributed by atoms with E-state index in [2.05, 4.69) is 6.92 Å². The molecule has 2 aromatic rings. The van der Waals surface area contributed by atoms with Crippen molar-refractivity contribution in [1.82, 2.24) is 0 Å². The highest BCUT2D eigenvalue weighted by molar-refractivity contribution is 6.30. The molecular weight excluding hydrogens is 293 g/mol. The number of ether oxygens (including phenoxy) is 1. The van der Waals surface area contributed by atoms with Gasteiger partial charge < -0.3 is 10.5 Å². The molecule has 0 radical (unpaired) electrons. The predicted octanol–water partition coefficient (Wildman–Crippen LogP) is 5.07. The van der Waals surface area contributed by atoms with Crippen LogP contribution in [0, 0.1) is 0 Å². The van der Waals surface area contributed by atoms with E-state index in [1.165, 1.54) is 0 Å². The summed E-state index contributed by atoms with van der Waals surface area (Å²) < 4.78 is 5.89. The van der Waals surface area contributed by atoms with E-state index in [0.717, 1.165) is 29.9 Å². The first-order chi connectivity index (χ1) is 9.58. The Labute approximate surface area is 129 Å². The van der Waals surface area contributed by atoms with Crippen LogP contribution in [-0.2, 0) is 6.42 Å². The summed E-state index contributed by atoms with van der Waals surface area (Å²) in [7, 11) is 0. The molecule has 20 heavy (non-hydrogen) atoms. The smallest absolute Gasteiger partial charge is 0.130 e. The monoisotopic (exact) mass is 309 g/mol. The van der Waals surface area contributed by atoms with Gasteiger partial charge in [-0.25, -0.2) is 0 Å². The molecule has 0 saturated heterocycles. The molecule has 1 unspecified atom stereocenters. The molecule has 0 aliphatic heterocycles. The molecule has 0 aromatic heterocycles. The fraction of sp³-hybridized carbons (Fsp3) is 0.250. The lowest BCUT2D eigenvalue weighted by molar-refractivity contribution is 0.472. The van der Waals surface area contributed by atoms with Gasteiger partial charge in [0.1, 0.15) is 11.5 Å². The maximum atomic E-state index is 6.05. The molecule has 2 nitrogen and oxygen atoms in total. The Morgan fingerprint density at radius 2 is 1.70 bits per heavy atom. The van der Waals surface area contributed by atoms with Crippen LogP contribution in [0.1, 0.15) is 18.9 Å². The van der Waals surface area contributed by atoms with Crippen molar-refractivity contribution in [2.24, 2.45) is 5.73 Å². The van der Waals surface area contributed by atoms with Gasteiger partial charge in [-0.2, -0.15) is 0 Å². The normalized spacial score (nSPS) is 12.2. The zero-order valence-corrected chi connectivity index (χ0v) is 12.8. The van der Waals surface area contributed by atoms with Crippen LogP contribution in [0.25, 0.3) is 0 Å². The zero-order chi connectivity index (χ0) is 14.5. The molecular formula is C16H17Cl2NO. The second kappa shape index (κ2) is 6.98. The Bertz CT molecular complexity index is 569. The van der Waals surface area contributed by atoms with Crippen molar-refractivity contribution in [2.45, 2.75) is 25.8 Å². The van der Waals surface area contributed by atoms with Crippen LogP contribution in [0.3, 0.4) is 0 Å². The first-order valence-corrected chi connectivity index (χ1v) is 7.31. The van der Waals surface area contributed by atoms with E-state index in [4.69, 9.17) is 33.7 Å². The Hall–Kier alpha value is -1.22. The molecule has 0 amide bonds. The molecule has 2 aromatic carbocycles. The molecule has 0 fully saturated rings. The lowest BCUT2D eigenvalue weighted by Crippen LogP contribution is -2.21. The molecule has 0 aliphatic rings. The lowest BCUT2D eigenvalue weighted by atomic mass is 10.0. The third-order valence-corrected chi connectivity index (χ3v) is 3.56. The van der Waals surface area contributed by atoms with E-state index >= 15 is 0 Å². The zero-order valence-electron chi connectivity index (χ0n) is 11.3. The van der Waals surface area contributed by atoms with Crippen LogP contribution in [0.15, 0.2) is 42.5 Å². The number of benzene rings is 2. The fourth-order valence-electron chi connectivity index (χ4n) is 1.86. The molecule has 0 saturated carbocycles. The largest absolute Gasteiger partial charge is 0.457 e. The Morgan fingerprint density at radius 3 is 2.35 bits per heavy atom. The van der Waals surface area contributed by atoms with Gasteiger partial charge >= 0.3 is 0 Å². The van der Waals surface area contributed by atoms with Crippen molar-refractivity contribution in [1.29, 1.82) is 0 Å². The van der Waals surface area contributed by atoms with Crippen LogP contribution in [-0.4, -0.2) is 6.04 Å². The summed E-state index contributed by atoms with van der Waals surface area (Å²) >= 11 is 11.9. The summed E-state index contributed by atoms with van der Waals surface area (Å²) in [6.07, 6.45) is 1.65. The summed E-state index contributed by atoms with van der Waals surface area (Å²) in [6.45, 7) is 2.06. The van der Waals surface area contributed by atoms with E-state index in [1.807, 2.05) is 30.3 Å². The number of hydrogen-bond donors (Lipinski definition) is 1. The predicted molar refractivity (Wildman–Crippen MR) is 84.9 cm³/mol. The highest BCUT2D eigenvalue weighted by Gasteiger charge is 2.10. The fourth-order valence-corrected chi connectivity index (χ4v) is 2.18. The molecule has 0 spiro atoms. The average molecular weight is 310 g/mol. The Morgan fingerprint density at radius 1 is 1.05 bits per heavy atom. The topological polar surface area (TPSA) is 35.2 Å². The van der Waals surface area contributed by atoms with Crippen LogP contribution >= 0.6 is 23.2 Å². The Kier molecular flexibility index (Phi) is 5.30. The SMILES string of the molecule is CCC(N)Cc1cc(Cl)ccc1Oc1ccc(Cl)cc1. The van der Waals surface area contributed by atoms with Crippen LogP contribution in [0.2, 0.25) is 10.0 Å². The average Bonchev–Trinajstić information content (AvgIpc) is 2.44. The number of nitrogens with two attached hydrogens (primary N) is 1. The minimum absolute atomic E-state index is 0.0982. The quantitative estimate of drug-likeness (QED) is 0.837. The summed E-state index contributed by atoms with van der Waals surface area (Å²) in [6, 6.07) is 12.9. The van der Waals surface area contributed by atoms with Crippen LogP contribution in [0.5, 0.6) is 11.5 Å². The Balaban J connectivity index is 2.23. The van der Waals surface area contributed by atoms with Gasteiger partial charge in [-0.15, -0.1) is 0 Å². The molecule has 0 aliphatic carbocycles. The first kappa shape index (κ1) is 15.2. The van der Waals surface area contributed by atoms with Crippen molar-refractivity contribution in [3.63, 3.8) is 0 Å². The highest BCUT2D eigenvalue weighted by Crippen LogP contribution is 2.29. The van der Waals surface area contributed by atoms with Gasteiger partial charge in [0.25, 0.3) is 0 Å². The van der Waals surface area contributed by atoms with E-state index in [0.29, 0.717) is 10.0 Å². The summed E-state index contributed by atoms with van der Waals surface area (Å²) in [5.41, 5.74) is 7.04. The van der Waals surface area contributed by atoms with Crippen molar-refractivity contribution >= 4 is 23.2 Å². The van der Waals surface area contributed by atoms with Crippen molar-refractivity contribution < 1.29 is 4.74 Å². The minimum Gasteiger partial charge on any atom is -0.457 e. The lowest BCUT2D eigenvalue weighted by Gasteiger charge is -2.14. The van der Waals surface area contributed by atoms with Gasteiger partial charge in [-0.3, -0.25) is 0 Å². The van der Waals surface area contributed by atoms with Gasteiger partial charge in [0, 0.05) is 16.1 Å². The molecule has 2 rings (SSSR count). The standard InChI is InChI=1S/C16H17Cl2NO/c1-2-14(19)10-11-9-13(18)5-8-16(11)20-15-6-3-12(17)4-7-15/h3-9,14H,2,10,19H2,1H3. The minimum atomic E-state index is 0.0982. The van der Waals surface area contributed by atoms with Crippen molar-refractivity contribution in [3.05, 3.63) is 58.1 Å². The van der Waals surface area contributed by atoms with Crippen molar-refractivity contribution in [3.8, 4) is 11.5 Å². The van der Waals surface area contributed by atoms with Crippen molar-refractivity contribution in [2.75, 3.05) is 0 Å². The molecule has 0 bridgehead atoms. The molecule has 2 N–H and O–H groups in total. The van der Waals surface area contributed by atoms with Crippen LogP contribution < -0.4 is 10.5 Å². The summed E-state index contributed by atoms with van der Waals surface area (Å²) in [5, 5.41) is 1.37. The maximum Gasteiger partial charge on any atom is 0.130 e. The number of hydrogen-bond acceptors (Lipinski definition) is 2. The third kappa shape index (κ3) is 4.14. The summed E-state index contributed by atoms with van der Waals surface area (Å²) in [5.74, 6) is 1.52. The molecule has 1 atom stereocenters. The van der Waals surface area contributed by atoms with Gasteiger partial charge in [0.2, 0.25) is 0 Å². The van der Waals surface area contributed by atoms with E-state index in [9.17, 15) is 0 Å². The second-order valence-electron chi connectivity index (χ2n) is 4.68. The molecule has 4 heteroatoms. The maximum absolute atomic E-state index is 6.05. The third-order valence-electron chi connectivity index (χ3n) is 3.07. The van der Waals surface area contributed by atoms with E-state index < -0.39 is 0 Å². The summed E-state index contributed by atoms with van der Waals surface area (Å²) in [4.78, 5) is 0. The van der Waals surface area contributed by atoms with Gasteiger partial charge in [-0.05, 0) is 60.9 Å². The number of halogens is 2. The van der Waals surface area contributed by atoms with Gasteiger partial charge in [-0.1, -0.05) is 30.1 Å². The van der Waals surface area contributed by atoms with Gasteiger partial charge in [0.15, 0.2) is 0 Å². The van der Waals surface area contributed by atoms with E-state index in [-0.39, 0.29) is 6.04 Å². The first-order valence-electron chi connectivity index (χ1n) is 6.56.